The molecule has 1 aromatic carbocycles. The average molecular weight is 267 g/mol. The third kappa shape index (κ3) is 7.49. The van der Waals surface area contributed by atoms with Crippen LogP contribution in [0.2, 0.25) is 0 Å². The van der Waals surface area contributed by atoms with E-state index < -0.39 is 10.9 Å². The molecule has 0 saturated heterocycles. The van der Waals surface area contributed by atoms with Crippen molar-refractivity contribution < 1.29 is 24.7 Å². The second kappa shape index (κ2) is 9.58. The summed E-state index contributed by atoms with van der Waals surface area (Å²) in [6.07, 6.45) is 0. The second-order valence-corrected chi connectivity index (χ2v) is 3.05. The number of nitro benzene ring substituents is 1. The van der Waals surface area contributed by atoms with E-state index in [0.717, 1.165) is 12.1 Å². The number of ether oxygens (including phenoxy) is 1. The molecule has 0 spiro atoms. The molecule has 19 heavy (non-hydrogen) atoms. The Labute approximate surface area is 109 Å². The number of rotatable bonds is 3. The first-order chi connectivity index (χ1) is 9.02. The molecule has 0 bridgehead atoms. The van der Waals surface area contributed by atoms with Gasteiger partial charge in [0.2, 0.25) is 0 Å². The highest BCUT2D eigenvalue weighted by atomic mass is 16.6. The predicted molar refractivity (Wildman–Crippen MR) is 66.8 cm³/mol. The van der Waals surface area contributed by atoms with Crippen LogP contribution in [-0.4, -0.2) is 41.4 Å². The Morgan fingerprint density at radius 2 is 1.95 bits per heavy atom. The van der Waals surface area contributed by atoms with Crippen molar-refractivity contribution in [3.8, 4) is 11.8 Å². The number of benzene rings is 1. The van der Waals surface area contributed by atoms with Crippen LogP contribution in [0.5, 0.6) is 0 Å². The fourth-order valence-electron chi connectivity index (χ4n) is 0.905. The van der Waals surface area contributed by atoms with E-state index in [-0.39, 0.29) is 17.9 Å². The molecule has 7 heteroatoms. The number of carbonyl (C=O) groups is 1. The molecule has 1 rings (SSSR count). The molecule has 0 amide bonds. The molecule has 0 aromatic heterocycles. The number of hydrogen-bond donors (Lipinski definition) is 2. The van der Waals surface area contributed by atoms with Gasteiger partial charge in [0, 0.05) is 19.2 Å². The Balaban J connectivity index is 0.000000399. The van der Waals surface area contributed by atoms with Crippen molar-refractivity contribution in [2.45, 2.75) is 0 Å². The van der Waals surface area contributed by atoms with Gasteiger partial charge in [0.1, 0.15) is 13.2 Å². The van der Waals surface area contributed by atoms with E-state index in [0.29, 0.717) is 6.61 Å². The zero-order chi connectivity index (χ0) is 14.7. The van der Waals surface area contributed by atoms with Gasteiger partial charge in [0.25, 0.3) is 5.69 Å². The minimum absolute atomic E-state index is 0.0422. The van der Waals surface area contributed by atoms with E-state index in [1.807, 2.05) is 0 Å². The van der Waals surface area contributed by atoms with Gasteiger partial charge < -0.3 is 14.9 Å². The molecule has 0 aliphatic rings. The average Bonchev–Trinajstić information content (AvgIpc) is 2.40. The number of carboxylic acid groups (broad SMARTS) is 1. The van der Waals surface area contributed by atoms with Crippen LogP contribution in [0.3, 0.4) is 0 Å². The van der Waals surface area contributed by atoms with Crippen LogP contribution in [0.25, 0.3) is 0 Å². The van der Waals surface area contributed by atoms with Crippen LogP contribution < -0.4 is 0 Å². The summed E-state index contributed by atoms with van der Waals surface area (Å²) >= 11 is 0. The highest BCUT2D eigenvalue weighted by Gasteiger charge is 2.06. The number of aliphatic hydroxyl groups excluding tert-OH is 1. The molecule has 0 saturated carbocycles. The molecule has 0 aliphatic carbocycles. The summed E-state index contributed by atoms with van der Waals surface area (Å²) in [5.74, 6) is 3.90. The number of aliphatic hydroxyl groups is 1. The van der Waals surface area contributed by atoms with Crippen molar-refractivity contribution >= 4 is 11.7 Å². The lowest BCUT2D eigenvalue weighted by molar-refractivity contribution is -0.384. The highest BCUT2D eigenvalue weighted by molar-refractivity contribution is 5.87. The number of nitro groups is 1. The topological polar surface area (TPSA) is 110 Å². The number of non-ortho nitro benzene ring substituents is 1. The first kappa shape index (κ1) is 16.6. The third-order valence-electron chi connectivity index (χ3n) is 1.75. The predicted octanol–water partition coefficient (Wildman–Crippen LogP) is 0.922. The molecule has 1 aromatic rings. The summed E-state index contributed by atoms with van der Waals surface area (Å²) in [5, 5.41) is 26.6. The second-order valence-electron chi connectivity index (χ2n) is 3.05. The summed E-state index contributed by atoms with van der Waals surface area (Å²) in [6.45, 7) is 0.323. The maximum absolute atomic E-state index is 10.3. The zero-order valence-electron chi connectivity index (χ0n) is 10.2. The molecular weight excluding hydrogens is 254 g/mol. The summed E-state index contributed by atoms with van der Waals surface area (Å²) in [4.78, 5) is 19.9. The Hall–Kier alpha value is -2.43. The lowest BCUT2D eigenvalue weighted by atomic mass is 10.2. The lowest BCUT2D eigenvalue weighted by Gasteiger charge is -1.92. The number of aromatic carboxylic acids is 1. The zero-order valence-corrected chi connectivity index (χ0v) is 10.2. The number of nitrogens with zero attached hydrogens (tertiary/aromatic N) is 1. The Bertz CT molecular complexity index is 438. The standard InChI is InChI=1S/C7H5NO4.C5H8O2/c9-7(10)5-1-3-6(4-2-5)8(11)12;1-7-5-3-2-4-6/h1-4H,(H,9,10);6H,4-5H2,1H3. The van der Waals surface area contributed by atoms with E-state index in [2.05, 4.69) is 16.6 Å². The summed E-state index contributed by atoms with van der Waals surface area (Å²) in [6, 6.07) is 4.70. The maximum atomic E-state index is 10.3. The number of carboxylic acids is 1. The van der Waals surface area contributed by atoms with Gasteiger partial charge in [-0.05, 0) is 12.1 Å². The van der Waals surface area contributed by atoms with Crippen LogP contribution >= 0.6 is 0 Å². The van der Waals surface area contributed by atoms with E-state index in [1.54, 1.807) is 7.11 Å². The molecule has 0 aliphatic heterocycles. The Morgan fingerprint density at radius 1 is 1.37 bits per heavy atom. The van der Waals surface area contributed by atoms with E-state index in [4.69, 9.17) is 10.2 Å². The highest BCUT2D eigenvalue weighted by Crippen LogP contribution is 2.11. The summed E-state index contributed by atoms with van der Waals surface area (Å²) in [5.41, 5.74) is -0.0689. The van der Waals surface area contributed by atoms with E-state index >= 15 is 0 Å². The van der Waals surface area contributed by atoms with Gasteiger partial charge in [-0.15, -0.1) is 0 Å². The molecule has 0 atom stereocenters. The quantitative estimate of drug-likeness (QED) is 0.478. The van der Waals surface area contributed by atoms with Crippen LogP contribution in [0.1, 0.15) is 10.4 Å². The third-order valence-corrected chi connectivity index (χ3v) is 1.75. The first-order valence-corrected chi connectivity index (χ1v) is 5.06. The fraction of sp³-hybridized carbons (Fsp3) is 0.250. The van der Waals surface area contributed by atoms with Crippen molar-refractivity contribution in [2.75, 3.05) is 20.3 Å². The molecule has 2 N–H and O–H groups in total. The Kier molecular flexibility index (Phi) is 8.36. The molecular formula is C12H13NO6. The molecule has 7 nitrogen and oxygen atoms in total. The van der Waals surface area contributed by atoms with Crippen molar-refractivity contribution in [1.29, 1.82) is 0 Å². The number of hydrogen-bond acceptors (Lipinski definition) is 5. The normalized spacial score (nSPS) is 8.53. The smallest absolute Gasteiger partial charge is 0.335 e. The molecule has 0 unspecified atom stereocenters. The van der Waals surface area contributed by atoms with Crippen molar-refractivity contribution in [3.63, 3.8) is 0 Å². The minimum atomic E-state index is -1.09. The van der Waals surface area contributed by atoms with Gasteiger partial charge in [0.15, 0.2) is 0 Å². The van der Waals surface area contributed by atoms with E-state index in [9.17, 15) is 14.9 Å². The van der Waals surface area contributed by atoms with Gasteiger partial charge in [-0.3, -0.25) is 10.1 Å². The van der Waals surface area contributed by atoms with Gasteiger partial charge in [-0.2, -0.15) is 0 Å². The van der Waals surface area contributed by atoms with Crippen LogP contribution in [-0.2, 0) is 4.74 Å². The van der Waals surface area contributed by atoms with Gasteiger partial charge in [0.05, 0.1) is 10.5 Å². The molecule has 0 radical (unpaired) electrons. The summed E-state index contributed by atoms with van der Waals surface area (Å²) in [7, 11) is 1.56. The molecule has 0 fully saturated rings. The van der Waals surface area contributed by atoms with Gasteiger partial charge >= 0.3 is 5.97 Å². The monoisotopic (exact) mass is 267 g/mol. The first-order valence-electron chi connectivity index (χ1n) is 5.06. The minimum Gasteiger partial charge on any atom is -0.478 e. The van der Waals surface area contributed by atoms with Crippen LogP contribution in [0, 0.1) is 22.0 Å². The van der Waals surface area contributed by atoms with E-state index in [1.165, 1.54) is 12.1 Å². The SMILES string of the molecule is COCC#CCO.O=C(O)c1ccc([N+](=O)[O-])cc1. The van der Waals surface area contributed by atoms with Crippen molar-refractivity contribution in [3.05, 3.63) is 39.9 Å². The fourth-order valence-corrected chi connectivity index (χ4v) is 0.905. The molecule has 0 heterocycles. The van der Waals surface area contributed by atoms with Crippen molar-refractivity contribution in [2.24, 2.45) is 0 Å². The van der Waals surface area contributed by atoms with Crippen LogP contribution in [0.15, 0.2) is 24.3 Å². The largest absolute Gasteiger partial charge is 0.478 e. The molecule has 102 valence electrons. The van der Waals surface area contributed by atoms with Crippen molar-refractivity contribution in [1.82, 2.24) is 0 Å². The lowest BCUT2D eigenvalue weighted by Crippen LogP contribution is -1.96. The number of methoxy groups -OCH3 is 1. The Morgan fingerprint density at radius 3 is 2.32 bits per heavy atom. The summed E-state index contributed by atoms with van der Waals surface area (Å²) < 4.78 is 4.56. The van der Waals surface area contributed by atoms with Gasteiger partial charge in [-0.25, -0.2) is 4.79 Å². The maximum Gasteiger partial charge on any atom is 0.335 e. The van der Waals surface area contributed by atoms with Crippen LogP contribution in [0.4, 0.5) is 5.69 Å². The van der Waals surface area contributed by atoms with Gasteiger partial charge in [-0.1, -0.05) is 11.8 Å².